The Morgan fingerprint density at radius 2 is 2.00 bits per heavy atom. The Kier molecular flexibility index (Phi) is 5.70. The third-order valence-electron chi connectivity index (χ3n) is 2.54. The van der Waals surface area contributed by atoms with Crippen molar-refractivity contribution in [1.29, 1.82) is 0 Å². The van der Waals surface area contributed by atoms with Crippen LogP contribution in [0.25, 0.3) is 0 Å². The fourth-order valence-corrected chi connectivity index (χ4v) is 1.67. The highest BCUT2D eigenvalue weighted by Gasteiger charge is 2.06. The molecule has 0 bridgehead atoms. The van der Waals surface area contributed by atoms with Gasteiger partial charge in [-0.15, -0.1) is 0 Å². The Morgan fingerprint density at radius 3 is 2.53 bits per heavy atom. The lowest BCUT2D eigenvalue weighted by Gasteiger charge is -2.11. The summed E-state index contributed by atoms with van der Waals surface area (Å²) in [5, 5.41) is 8.78. The maximum atomic E-state index is 10.7. The van der Waals surface area contributed by atoms with Crippen LogP contribution < -0.4 is 0 Å². The molecule has 1 atom stereocenters. The summed E-state index contributed by atoms with van der Waals surface area (Å²) < 4.78 is 5.48. The lowest BCUT2D eigenvalue weighted by atomic mass is 10.0. The summed E-state index contributed by atoms with van der Waals surface area (Å²) in [6, 6.07) is 7.05. The van der Waals surface area contributed by atoms with Crippen molar-refractivity contribution in [2.45, 2.75) is 26.7 Å². The summed E-state index contributed by atoms with van der Waals surface area (Å²) in [4.78, 5) is 10.7. The van der Waals surface area contributed by atoms with Gasteiger partial charge < -0.3 is 9.84 Å². The molecule has 0 radical (unpaired) electrons. The van der Waals surface area contributed by atoms with E-state index in [1.165, 1.54) is 0 Å². The van der Waals surface area contributed by atoms with Crippen LogP contribution in [-0.2, 0) is 11.2 Å². The van der Waals surface area contributed by atoms with Crippen LogP contribution in [-0.4, -0.2) is 24.3 Å². The maximum Gasteiger partial charge on any atom is 0.335 e. The van der Waals surface area contributed by atoms with Crippen LogP contribution in [0, 0.1) is 5.92 Å². The van der Waals surface area contributed by atoms with Gasteiger partial charge in [-0.2, -0.15) is 0 Å². The molecule has 0 saturated carbocycles. The molecule has 0 aromatic heterocycles. The first-order valence-electron chi connectivity index (χ1n) is 6.03. The summed E-state index contributed by atoms with van der Waals surface area (Å²) in [5.74, 6) is -0.423. The highest BCUT2D eigenvalue weighted by Crippen LogP contribution is 2.11. The van der Waals surface area contributed by atoms with Crippen LogP contribution in [0.3, 0.4) is 0 Å². The average Bonchev–Trinajstić information content (AvgIpc) is 2.30. The molecular formula is C14H20O3. The van der Waals surface area contributed by atoms with E-state index in [0.717, 1.165) is 31.6 Å². The monoisotopic (exact) mass is 236 g/mol. The maximum absolute atomic E-state index is 10.7. The van der Waals surface area contributed by atoms with E-state index in [-0.39, 0.29) is 0 Å². The molecule has 0 aliphatic rings. The SMILES string of the molecule is CCCOCC(C)Cc1ccc(C(=O)O)cc1. The zero-order chi connectivity index (χ0) is 12.7. The first-order valence-corrected chi connectivity index (χ1v) is 6.03. The molecule has 0 aliphatic carbocycles. The van der Waals surface area contributed by atoms with Gasteiger partial charge in [-0.05, 0) is 36.5 Å². The van der Waals surface area contributed by atoms with Crippen molar-refractivity contribution in [3.05, 3.63) is 35.4 Å². The average molecular weight is 236 g/mol. The Balaban J connectivity index is 2.43. The summed E-state index contributed by atoms with van der Waals surface area (Å²) in [5.41, 5.74) is 1.49. The summed E-state index contributed by atoms with van der Waals surface area (Å²) in [6.45, 7) is 5.80. The lowest BCUT2D eigenvalue weighted by Crippen LogP contribution is -2.09. The zero-order valence-corrected chi connectivity index (χ0v) is 10.5. The van der Waals surface area contributed by atoms with Gasteiger partial charge in [0.2, 0.25) is 0 Å². The fourth-order valence-electron chi connectivity index (χ4n) is 1.67. The van der Waals surface area contributed by atoms with Gasteiger partial charge in [-0.25, -0.2) is 4.79 Å². The predicted octanol–water partition coefficient (Wildman–Crippen LogP) is 2.99. The van der Waals surface area contributed by atoms with Gasteiger partial charge in [0.1, 0.15) is 0 Å². The molecule has 3 nitrogen and oxygen atoms in total. The third kappa shape index (κ3) is 5.00. The number of carboxylic acid groups (broad SMARTS) is 1. The smallest absolute Gasteiger partial charge is 0.335 e. The van der Waals surface area contributed by atoms with Gasteiger partial charge in [0, 0.05) is 13.2 Å². The lowest BCUT2D eigenvalue weighted by molar-refractivity contribution is 0.0697. The topological polar surface area (TPSA) is 46.5 Å². The number of aromatic carboxylic acids is 1. The number of ether oxygens (including phenoxy) is 1. The standard InChI is InChI=1S/C14H20O3/c1-3-8-17-10-11(2)9-12-4-6-13(7-5-12)14(15)16/h4-7,11H,3,8-10H2,1-2H3,(H,15,16). The van der Waals surface area contributed by atoms with E-state index in [1.54, 1.807) is 12.1 Å². The minimum atomic E-state index is -0.879. The number of hydrogen-bond donors (Lipinski definition) is 1. The van der Waals surface area contributed by atoms with Crippen molar-refractivity contribution in [3.8, 4) is 0 Å². The first kappa shape index (κ1) is 13.7. The van der Waals surface area contributed by atoms with E-state index in [2.05, 4.69) is 13.8 Å². The summed E-state index contributed by atoms with van der Waals surface area (Å²) in [6.07, 6.45) is 1.96. The molecule has 0 spiro atoms. The molecule has 0 aliphatic heterocycles. The van der Waals surface area contributed by atoms with E-state index in [0.29, 0.717) is 11.5 Å². The molecule has 0 fully saturated rings. The second-order valence-electron chi connectivity index (χ2n) is 4.39. The van der Waals surface area contributed by atoms with Crippen LogP contribution in [0.1, 0.15) is 36.2 Å². The second-order valence-corrected chi connectivity index (χ2v) is 4.39. The number of benzene rings is 1. The van der Waals surface area contributed by atoms with Gasteiger partial charge >= 0.3 is 5.97 Å². The van der Waals surface area contributed by atoms with Crippen molar-refractivity contribution in [2.24, 2.45) is 5.92 Å². The molecular weight excluding hydrogens is 216 g/mol. The van der Waals surface area contributed by atoms with E-state index in [1.807, 2.05) is 12.1 Å². The summed E-state index contributed by atoms with van der Waals surface area (Å²) in [7, 11) is 0. The van der Waals surface area contributed by atoms with Crippen LogP contribution in [0.2, 0.25) is 0 Å². The van der Waals surface area contributed by atoms with Gasteiger partial charge in [0.25, 0.3) is 0 Å². The van der Waals surface area contributed by atoms with Crippen LogP contribution in [0.5, 0.6) is 0 Å². The van der Waals surface area contributed by atoms with E-state index >= 15 is 0 Å². The van der Waals surface area contributed by atoms with E-state index in [4.69, 9.17) is 9.84 Å². The van der Waals surface area contributed by atoms with Crippen LogP contribution in [0.15, 0.2) is 24.3 Å². The van der Waals surface area contributed by atoms with Crippen molar-refractivity contribution in [2.75, 3.05) is 13.2 Å². The quantitative estimate of drug-likeness (QED) is 0.740. The van der Waals surface area contributed by atoms with E-state index < -0.39 is 5.97 Å². The second kappa shape index (κ2) is 7.07. The molecule has 0 amide bonds. The Morgan fingerprint density at radius 1 is 1.35 bits per heavy atom. The Bertz CT molecular complexity index is 343. The molecule has 17 heavy (non-hydrogen) atoms. The van der Waals surface area contributed by atoms with Crippen molar-refractivity contribution in [1.82, 2.24) is 0 Å². The van der Waals surface area contributed by atoms with Crippen molar-refractivity contribution in [3.63, 3.8) is 0 Å². The number of hydrogen-bond acceptors (Lipinski definition) is 2. The first-order chi connectivity index (χ1) is 8.13. The highest BCUT2D eigenvalue weighted by molar-refractivity contribution is 5.87. The van der Waals surface area contributed by atoms with E-state index in [9.17, 15) is 4.79 Å². The minimum Gasteiger partial charge on any atom is -0.478 e. The molecule has 94 valence electrons. The predicted molar refractivity (Wildman–Crippen MR) is 67.4 cm³/mol. The number of carbonyl (C=O) groups is 1. The van der Waals surface area contributed by atoms with Crippen LogP contribution in [0.4, 0.5) is 0 Å². The Labute approximate surface area is 102 Å². The molecule has 1 rings (SSSR count). The van der Waals surface area contributed by atoms with Gasteiger partial charge in [-0.3, -0.25) is 0 Å². The Hall–Kier alpha value is -1.35. The highest BCUT2D eigenvalue weighted by atomic mass is 16.5. The molecule has 1 aromatic carbocycles. The zero-order valence-electron chi connectivity index (χ0n) is 10.5. The van der Waals surface area contributed by atoms with Gasteiger partial charge in [0.05, 0.1) is 5.56 Å². The van der Waals surface area contributed by atoms with Gasteiger partial charge in [-0.1, -0.05) is 26.0 Å². The van der Waals surface area contributed by atoms with Crippen LogP contribution >= 0.6 is 0 Å². The molecule has 1 N–H and O–H groups in total. The molecule has 1 aromatic rings. The molecule has 0 saturated heterocycles. The van der Waals surface area contributed by atoms with Gasteiger partial charge in [0.15, 0.2) is 0 Å². The molecule has 0 heterocycles. The summed E-state index contributed by atoms with van der Waals surface area (Å²) >= 11 is 0. The van der Waals surface area contributed by atoms with Crippen molar-refractivity contribution < 1.29 is 14.6 Å². The number of carboxylic acids is 1. The van der Waals surface area contributed by atoms with Crippen molar-refractivity contribution >= 4 is 5.97 Å². The fraction of sp³-hybridized carbons (Fsp3) is 0.500. The molecule has 3 heteroatoms. The normalized spacial score (nSPS) is 12.4. The third-order valence-corrected chi connectivity index (χ3v) is 2.54. The minimum absolute atomic E-state index is 0.337. The molecule has 1 unspecified atom stereocenters. The number of rotatable bonds is 7. The largest absolute Gasteiger partial charge is 0.478 e.